The standard InChI is InChI=1S/C14H18ClN3O3/c1-2-14(6-19)5-9(10(20)11(14)21)18-4-3-8-12(15)16-7-17-13(8)18/h2,7,9-11,19-21H,1,3-6H2. The van der Waals surface area contributed by atoms with Crippen molar-refractivity contribution in [2.75, 3.05) is 18.1 Å². The summed E-state index contributed by atoms with van der Waals surface area (Å²) in [6, 6.07) is -0.336. The SMILES string of the molecule is C=CC1(CO)CC(N2CCc3c(Cl)ncnc32)C(O)C1O. The van der Waals surface area contributed by atoms with Crippen LogP contribution in [0.15, 0.2) is 19.0 Å². The molecule has 2 heterocycles. The summed E-state index contributed by atoms with van der Waals surface area (Å²) in [6.45, 7) is 4.09. The Hall–Kier alpha value is -1.21. The van der Waals surface area contributed by atoms with Crippen molar-refractivity contribution in [2.45, 2.75) is 31.1 Å². The van der Waals surface area contributed by atoms with Crippen molar-refractivity contribution in [1.29, 1.82) is 0 Å². The molecular weight excluding hydrogens is 294 g/mol. The zero-order valence-electron chi connectivity index (χ0n) is 11.5. The van der Waals surface area contributed by atoms with Crippen LogP contribution in [0.1, 0.15) is 12.0 Å². The summed E-state index contributed by atoms with van der Waals surface area (Å²) in [6.07, 6.45) is 2.01. The van der Waals surface area contributed by atoms with E-state index in [4.69, 9.17) is 11.6 Å². The Labute approximate surface area is 127 Å². The predicted octanol–water partition coefficient (Wildman–Crippen LogP) is 0.151. The number of rotatable bonds is 3. The molecule has 0 saturated heterocycles. The monoisotopic (exact) mass is 311 g/mol. The van der Waals surface area contributed by atoms with Crippen LogP contribution in [-0.4, -0.2) is 56.7 Å². The number of hydrogen-bond acceptors (Lipinski definition) is 6. The molecule has 1 saturated carbocycles. The van der Waals surface area contributed by atoms with E-state index >= 15 is 0 Å². The molecule has 1 aliphatic carbocycles. The second-order valence-corrected chi connectivity index (χ2v) is 6.07. The Morgan fingerprint density at radius 2 is 2.24 bits per heavy atom. The number of aliphatic hydroxyl groups is 3. The first-order chi connectivity index (χ1) is 10.0. The summed E-state index contributed by atoms with van der Waals surface area (Å²) in [7, 11) is 0. The molecule has 21 heavy (non-hydrogen) atoms. The summed E-state index contributed by atoms with van der Waals surface area (Å²) in [5.74, 6) is 0.698. The van der Waals surface area contributed by atoms with Crippen molar-refractivity contribution < 1.29 is 15.3 Å². The third-order valence-electron chi connectivity index (χ3n) is 4.74. The molecule has 7 heteroatoms. The van der Waals surface area contributed by atoms with Crippen molar-refractivity contribution >= 4 is 17.4 Å². The van der Waals surface area contributed by atoms with Gasteiger partial charge in [0.1, 0.15) is 23.4 Å². The van der Waals surface area contributed by atoms with Crippen LogP contribution in [0.5, 0.6) is 0 Å². The van der Waals surface area contributed by atoms with Gasteiger partial charge in [0.05, 0.1) is 18.8 Å². The van der Waals surface area contributed by atoms with Gasteiger partial charge in [-0.1, -0.05) is 17.7 Å². The van der Waals surface area contributed by atoms with E-state index in [0.717, 1.165) is 5.56 Å². The van der Waals surface area contributed by atoms with Gasteiger partial charge in [-0.05, 0) is 12.8 Å². The topological polar surface area (TPSA) is 89.7 Å². The lowest BCUT2D eigenvalue weighted by Gasteiger charge is -2.29. The molecule has 1 aromatic rings. The van der Waals surface area contributed by atoms with Crippen molar-refractivity contribution in [3.63, 3.8) is 0 Å². The smallest absolute Gasteiger partial charge is 0.137 e. The van der Waals surface area contributed by atoms with Crippen LogP contribution in [-0.2, 0) is 6.42 Å². The summed E-state index contributed by atoms with van der Waals surface area (Å²) in [5, 5.41) is 30.7. The quantitative estimate of drug-likeness (QED) is 0.544. The molecule has 3 N–H and O–H groups in total. The van der Waals surface area contributed by atoms with Gasteiger partial charge in [-0.15, -0.1) is 6.58 Å². The van der Waals surface area contributed by atoms with Crippen molar-refractivity contribution in [1.82, 2.24) is 9.97 Å². The molecule has 1 fully saturated rings. The maximum Gasteiger partial charge on any atom is 0.137 e. The molecule has 4 unspecified atom stereocenters. The lowest BCUT2D eigenvalue weighted by Crippen LogP contribution is -2.43. The van der Waals surface area contributed by atoms with Crippen LogP contribution in [0.4, 0.5) is 5.82 Å². The van der Waals surface area contributed by atoms with Gasteiger partial charge in [-0.2, -0.15) is 0 Å². The van der Waals surface area contributed by atoms with Crippen molar-refractivity contribution in [3.05, 3.63) is 29.7 Å². The van der Waals surface area contributed by atoms with E-state index in [1.54, 1.807) is 0 Å². The Morgan fingerprint density at radius 3 is 2.86 bits per heavy atom. The molecule has 0 aromatic carbocycles. The van der Waals surface area contributed by atoms with E-state index in [-0.39, 0.29) is 12.6 Å². The second kappa shape index (κ2) is 5.21. The van der Waals surface area contributed by atoms with Gasteiger partial charge in [0.25, 0.3) is 0 Å². The predicted molar refractivity (Wildman–Crippen MR) is 78.2 cm³/mol. The first-order valence-corrected chi connectivity index (χ1v) is 7.28. The first-order valence-electron chi connectivity index (χ1n) is 6.90. The molecule has 3 rings (SSSR count). The van der Waals surface area contributed by atoms with E-state index in [1.807, 2.05) is 4.90 Å². The van der Waals surface area contributed by atoms with Crippen LogP contribution in [0.25, 0.3) is 0 Å². The Bertz CT molecular complexity index is 570. The lowest BCUT2D eigenvalue weighted by molar-refractivity contribution is -0.0250. The highest BCUT2D eigenvalue weighted by atomic mass is 35.5. The van der Waals surface area contributed by atoms with E-state index in [9.17, 15) is 15.3 Å². The highest BCUT2D eigenvalue weighted by molar-refractivity contribution is 6.30. The van der Waals surface area contributed by atoms with Crippen molar-refractivity contribution in [2.24, 2.45) is 5.41 Å². The van der Waals surface area contributed by atoms with Crippen molar-refractivity contribution in [3.8, 4) is 0 Å². The minimum atomic E-state index is -1.05. The third kappa shape index (κ3) is 2.05. The fourth-order valence-electron chi connectivity index (χ4n) is 3.41. The number of fused-ring (bicyclic) bond motifs is 1. The molecule has 1 aliphatic heterocycles. The van der Waals surface area contributed by atoms with Gasteiger partial charge in [0.15, 0.2) is 0 Å². The van der Waals surface area contributed by atoms with Crippen LogP contribution in [0, 0.1) is 5.41 Å². The van der Waals surface area contributed by atoms with Crippen LogP contribution >= 0.6 is 11.6 Å². The number of nitrogens with zero attached hydrogens (tertiary/aromatic N) is 3. The Morgan fingerprint density at radius 1 is 1.48 bits per heavy atom. The number of aliphatic hydroxyl groups excluding tert-OH is 3. The fraction of sp³-hybridized carbons (Fsp3) is 0.571. The number of hydrogen-bond donors (Lipinski definition) is 3. The summed E-state index contributed by atoms with van der Waals surface area (Å²) in [4.78, 5) is 10.2. The highest BCUT2D eigenvalue weighted by Crippen LogP contribution is 2.44. The number of aromatic nitrogens is 2. The van der Waals surface area contributed by atoms with E-state index in [2.05, 4.69) is 16.5 Å². The molecule has 6 nitrogen and oxygen atoms in total. The minimum absolute atomic E-state index is 0.254. The summed E-state index contributed by atoms with van der Waals surface area (Å²) in [5.41, 5.74) is -0.0233. The largest absolute Gasteiger partial charge is 0.395 e. The van der Waals surface area contributed by atoms with E-state index < -0.39 is 17.6 Å². The lowest BCUT2D eigenvalue weighted by atomic mass is 9.85. The minimum Gasteiger partial charge on any atom is -0.395 e. The summed E-state index contributed by atoms with van der Waals surface area (Å²) >= 11 is 6.07. The van der Waals surface area contributed by atoms with Gasteiger partial charge in [-0.25, -0.2) is 9.97 Å². The highest BCUT2D eigenvalue weighted by Gasteiger charge is 2.53. The second-order valence-electron chi connectivity index (χ2n) is 5.71. The van der Waals surface area contributed by atoms with E-state index in [0.29, 0.717) is 30.4 Å². The van der Waals surface area contributed by atoms with Crippen LogP contribution in [0.2, 0.25) is 5.15 Å². The molecular formula is C14H18ClN3O3. The first kappa shape index (κ1) is 14.7. The van der Waals surface area contributed by atoms with E-state index in [1.165, 1.54) is 12.4 Å². The Kier molecular flexibility index (Phi) is 3.65. The van der Waals surface area contributed by atoms with Gasteiger partial charge in [0, 0.05) is 17.5 Å². The molecule has 0 bridgehead atoms. The average Bonchev–Trinajstić information content (AvgIpc) is 3.02. The molecule has 2 aliphatic rings. The maximum atomic E-state index is 10.4. The molecule has 114 valence electrons. The van der Waals surface area contributed by atoms with Gasteiger partial charge in [-0.3, -0.25) is 0 Å². The normalized spacial score (nSPS) is 35.0. The fourth-order valence-corrected chi connectivity index (χ4v) is 3.63. The van der Waals surface area contributed by atoms with Crippen LogP contribution in [0.3, 0.4) is 0 Å². The zero-order valence-corrected chi connectivity index (χ0v) is 12.2. The zero-order chi connectivity index (χ0) is 15.2. The molecule has 1 aromatic heterocycles. The van der Waals surface area contributed by atoms with Gasteiger partial charge < -0.3 is 20.2 Å². The molecule has 0 amide bonds. The molecule has 4 atom stereocenters. The molecule has 0 spiro atoms. The number of halogens is 1. The third-order valence-corrected chi connectivity index (χ3v) is 5.07. The van der Waals surface area contributed by atoms with Crippen LogP contribution < -0.4 is 4.90 Å². The Balaban J connectivity index is 1.94. The van der Waals surface area contributed by atoms with Gasteiger partial charge >= 0.3 is 0 Å². The number of anilines is 1. The average molecular weight is 312 g/mol. The van der Waals surface area contributed by atoms with Gasteiger partial charge in [0.2, 0.25) is 0 Å². The maximum absolute atomic E-state index is 10.4. The summed E-state index contributed by atoms with van der Waals surface area (Å²) < 4.78 is 0. The molecule has 0 radical (unpaired) electrons.